The first-order valence-electron chi connectivity index (χ1n) is 5.61. The Kier molecular flexibility index (Phi) is 3.11. The maximum Gasteiger partial charge on any atom is 0.251 e. The molecule has 0 spiro atoms. The minimum atomic E-state index is -0.577. The smallest absolute Gasteiger partial charge is 0.251 e. The second-order valence-corrected chi connectivity index (χ2v) is 4.75. The number of carbonyl (C=O) groups is 1. The summed E-state index contributed by atoms with van der Waals surface area (Å²) in [6, 6.07) is 7.14. The van der Waals surface area contributed by atoms with Gasteiger partial charge in [0.25, 0.3) is 5.91 Å². The summed E-state index contributed by atoms with van der Waals surface area (Å²) in [7, 11) is 0. The van der Waals surface area contributed by atoms with Gasteiger partial charge in [-0.2, -0.15) is 5.26 Å². The van der Waals surface area contributed by atoms with Gasteiger partial charge in [0.1, 0.15) is 0 Å². The molecule has 0 saturated heterocycles. The molecule has 1 aromatic rings. The number of fused-ring (bicyclic) bond motifs is 1. The van der Waals surface area contributed by atoms with Gasteiger partial charge in [0.15, 0.2) is 11.5 Å². The van der Waals surface area contributed by atoms with Gasteiger partial charge in [0.2, 0.25) is 6.79 Å². The molecule has 18 heavy (non-hydrogen) atoms. The summed E-state index contributed by atoms with van der Waals surface area (Å²) >= 11 is 0. The van der Waals surface area contributed by atoms with Gasteiger partial charge in [-0.3, -0.25) is 4.79 Å². The first-order chi connectivity index (χ1) is 8.52. The van der Waals surface area contributed by atoms with E-state index in [9.17, 15) is 4.79 Å². The number of amides is 1. The number of rotatable bonds is 3. The third kappa shape index (κ3) is 2.54. The molecule has 0 bridgehead atoms. The minimum Gasteiger partial charge on any atom is -0.454 e. The number of hydrogen-bond donors (Lipinski definition) is 1. The molecule has 94 valence electrons. The predicted molar refractivity (Wildman–Crippen MR) is 64.3 cm³/mol. The van der Waals surface area contributed by atoms with Crippen LogP contribution in [0.3, 0.4) is 0 Å². The number of nitrogens with zero attached hydrogens (tertiary/aromatic N) is 1. The van der Waals surface area contributed by atoms with Crippen molar-refractivity contribution in [1.82, 2.24) is 5.32 Å². The van der Waals surface area contributed by atoms with E-state index in [1.54, 1.807) is 32.0 Å². The van der Waals surface area contributed by atoms with Gasteiger partial charge in [0, 0.05) is 12.1 Å². The fourth-order valence-electron chi connectivity index (χ4n) is 1.48. The molecular formula is C13H14N2O3. The largest absolute Gasteiger partial charge is 0.454 e. The maximum atomic E-state index is 11.9. The van der Waals surface area contributed by atoms with Crippen LogP contribution in [-0.4, -0.2) is 19.2 Å². The van der Waals surface area contributed by atoms with Crippen molar-refractivity contribution in [3.05, 3.63) is 23.8 Å². The van der Waals surface area contributed by atoms with Crippen molar-refractivity contribution >= 4 is 5.91 Å². The van der Waals surface area contributed by atoms with E-state index in [-0.39, 0.29) is 12.7 Å². The summed E-state index contributed by atoms with van der Waals surface area (Å²) in [6.45, 7) is 4.03. The van der Waals surface area contributed by atoms with Crippen LogP contribution in [0.4, 0.5) is 0 Å². The lowest BCUT2D eigenvalue weighted by atomic mass is 9.96. The van der Waals surface area contributed by atoms with Crippen LogP contribution in [0.5, 0.6) is 11.5 Å². The van der Waals surface area contributed by atoms with E-state index in [1.165, 1.54) is 0 Å². The van der Waals surface area contributed by atoms with Crippen molar-refractivity contribution in [2.75, 3.05) is 13.3 Å². The number of carbonyl (C=O) groups excluding carboxylic acids is 1. The average molecular weight is 246 g/mol. The van der Waals surface area contributed by atoms with Crippen LogP contribution in [-0.2, 0) is 0 Å². The quantitative estimate of drug-likeness (QED) is 0.881. The zero-order valence-electron chi connectivity index (χ0n) is 10.3. The predicted octanol–water partition coefficient (Wildman–Crippen LogP) is 1.69. The Labute approximate surface area is 105 Å². The standard InChI is InChI=1S/C13H14N2O3/c1-13(2,6-14)7-15-12(16)9-3-4-10-11(5-9)18-8-17-10/h3-5H,7-8H2,1-2H3,(H,15,16). The van der Waals surface area contributed by atoms with E-state index in [4.69, 9.17) is 14.7 Å². The third-order valence-electron chi connectivity index (χ3n) is 2.63. The van der Waals surface area contributed by atoms with E-state index in [0.29, 0.717) is 23.6 Å². The molecule has 0 unspecified atom stereocenters. The molecule has 1 heterocycles. The number of nitrogens with one attached hydrogen (secondary N) is 1. The first-order valence-corrected chi connectivity index (χ1v) is 5.61. The molecule has 1 aromatic carbocycles. The Balaban J connectivity index is 2.04. The molecule has 0 saturated carbocycles. The van der Waals surface area contributed by atoms with E-state index < -0.39 is 5.41 Å². The third-order valence-corrected chi connectivity index (χ3v) is 2.63. The highest BCUT2D eigenvalue weighted by molar-refractivity contribution is 5.94. The normalized spacial score (nSPS) is 12.9. The van der Waals surface area contributed by atoms with Crippen molar-refractivity contribution in [2.24, 2.45) is 5.41 Å². The van der Waals surface area contributed by atoms with Crippen LogP contribution in [0.2, 0.25) is 0 Å². The Morgan fingerprint density at radius 1 is 1.44 bits per heavy atom. The summed E-state index contributed by atoms with van der Waals surface area (Å²) in [6.07, 6.45) is 0. The number of benzene rings is 1. The highest BCUT2D eigenvalue weighted by Gasteiger charge is 2.20. The number of nitriles is 1. The molecule has 0 radical (unpaired) electrons. The fourth-order valence-corrected chi connectivity index (χ4v) is 1.48. The molecule has 2 rings (SSSR count). The molecule has 0 fully saturated rings. The van der Waals surface area contributed by atoms with Crippen molar-refractivity contribution < 1.29 is 14.3 Å². The lowest BCUT2D eigenvalue weighted by molar-refractivity contribution is 0.0943. The van der Waals surface area contributed by atoms with Gasteiger partial charge in [-0.25, -0.2) is 0 Å². The molecule has 0 aromatic heterocycles. The molecule has 1 N–H and O–H groups in total. The fraction of sp³-hybridized carbons (Fsp3) is 0.385. The van der Waals surface area contributed by atoms with Crippen LogP contribution in [0.25, 0.3) is 0 Å². The number of hydrogen-bond acceptors (Lipinski definition) is 4. The van der Waals surface area contributed by atoms with Gasteiger partial charge in [0.05, 0.1) is 11.5 Å². The Bertz CT molecular complexity index is 517. The molecule has 1 aliphatic heterocycles. The van der Waals surface area contributed by atoms with Gasteiger partial charge in [-0.05, 0) is 32.0 Å². The second kappa shape index (κ2) is 4.57. The molecular weight excluding hydrogens is 232 g/mol. The highest BCUT2D eigenvalue weighted by atomic mass is 16.7. The summed E-state index contributed by atoms with van der Waals surface area (Å²) < 4.78 is 10.4. The monoisotopic (exact) mass is 246 g/mol. The Morgan fingerprint density at radius 2 is 2.17 bits per heavy atom. The van der Waals surface area contributed by atoms with Crippen LogP contribution in [0.1, 0.15) is 24.2 Å². The van der Waals surface area contributed by atoms with E-state index in [1.807, 2.05) is 0 Å². The van der Waals surface area contributed by atoms with Gasteiger partial charge < -0.3 is 14.8 Å². The second-order valence-electron chi connectivity index (χ2n) is 4.75. The number of ether oxygens (including phenoxy) is 2. The van der Waals surface area contributed by atoms with Gasteiger partial charge >= 0.3 is 0 Å². The van der Waals surface area contributed by atoms with Crippen molar-refractivity contribution in [3.63, 3.8) is 0 Å². The SMILES string of the molecule is CC(C)(C#N)CNC(=O)c1ccc2c(c1)OCO2. The summed E-state index contributed by atoms with van der Waals surface area (Å²) in [4.78, 5) is 11.9. The molecule has 5 nitrogen and oxygen atoms in total. The maximum absolute atomic E-state index is 11.9. The highest BCUT2D eigenvalue weighted by Crippen LogP contribution is 2.32. The zero-order chi connectivity index (χ0) is 13.2. The zero-order valence-corrected chi connectivity index (χ0v) is 10.3. The van der Waals surface area contributed by atoms with E-state index in [0.717, 1.165) is 0 Å². The minimum absolute atomic E-state index is 0.182. The van der Waals surface area contributed by atoms with Gasteiger partial charge in [-0.15, -0.1) is 0 Å². The lowest BCUT2D eigenvalue weighted by Gasteiger charge is -2.15. The van der Waals surface area contributed by atoms with E-state index >= 15 is 0 Å². The topological polar surface area (TPSA) is 71.4 Å². The van der Waals surface area contributed by atoms with Crippen LogP contribution in [0, 0.1) is 16.7 Å². The Hall–Kier alpha value is -2.22. The average Bonchev–Trinajstić information content (AvgIpc) is 2.83. The summed E-state index contributed by atoms with van der Waals surface area (Å²) in [5.74, 6) is 0.989. The summed E-state index contributed by atoms with van der Waals surface area (Å²) in [5.41, 5.74) is -0.0839. The van der Waals surface area contributed by atoms with Crippen molar-refractivity contribution in [2.45, 2.75) is 13.8 Å². The van der Waals surface area contributed by atoms with Crippen molar-refractivity contribution in [3.8, 4) is 17.6 Å². The molecule has 5 heteroatoms. The van der Waals surface area contributed by atoms with Crippen LogP contribution < -0.4 is 14.8 Å². The van der Waals surface area contributed by atoms with Crippen LogP contribution in [0.15, 0.2) is 18.2 Å². The molecule has 0 aliphatic carbocycles. The molecule has 0 atom stereocenters. The molecule has 1 amide bonds. The van der Waals surface area contributed by atoms with E-state index in [2.05, 4.69) is 11.4 Å². The lowest BCUT2D eigenvalue weighted by Crippen LogP contribution is -2.33. The van der Waals surface area contributed by atoms with Gasteiger partial charge in [-0.1, -0.05) is 0 Å². The first kappa shape index (κ1) is 12.2. The van der Waals surface area contributed by atoms with Crippen LogP contribution >= 0.6 is 0 Å². The Morgan fingerprint density at radius 3 is 2.89 bits per heavy atom. The summed E-state index contributed by atoms with van der Waals surface area (Å²) in [5, 5.41) is 11.6. The van der Waals surface area contributed by atoms with Crippen molar-refractivity contribution in [1.29, 1.82) is 5.26 Å². The molecule has 1 aliphatic rings.